The van der Waals surface area contributed by atoms with E-state index in [1.165, 1.54) is 0 Å². The minimum atomic E-state index is -3.18. The summed E-state index contributed by atoms with van der Waals surface area (Å²) in [6.07, 6.45) is 0. The molecule has 2 aromatic rings. The van der Waals surface area contributed by atoms with E-state index in [1.54, 1.807) is 26.0 Å². The van der Waals surface area contributed by atoms with E-state index in [9.17, 15) is 4.57 Å². The Balaban J connectivity index is 0.000000380. The van der Waals surface area contributed by atoms with Gasteiger partial charge in [-0.1, -0.05) is 27.7 Å². The molecular weight excluding hydrogens is 566 g/mol. The van der Waals surface area contributed by atoms with Crippen LogP contribution in [0.5, 0.6) is 5.88 Å². The average molecular weight is 609 g/mol. The zero-order valence-corrected chi connectivity index (χ0v) is 27.5. The summed E-state index contributed by atoms with van der Waals surface area (Å²) >= 11 is 6.36. The van der Waals surface area contributed by atoms with E-state index in [0.717, 1.165) is 34.4 Å². The first-order valence-corrected chi connectivity index (χ1v) is 18.2. The predicted molar refractivity (Wildman–Crippen MR) is 157 cm³/mol. The summed E-state index contributed by atoms with van der Waals surface area (Å²) in [7, 11) is 0. The second kappa shape index (κ2) is 17.0. The van der Waals surface area contributed by atoms with Crippen molar-refractivity contribution in [2.24, 2.45) is 0 Å². The number of rotatable bonds is 14. The fourth-order valence-corrected chi connectivity index (χ4v) is 8.09. The van der Waals surface area contributed by atoms with Gasteiger partial charge in [-0.15, -0.1) is 0 Å². The summed E-state index contributed by atoms with van der Waals surface area (Å²) in [6.45, 7) is 14.8. The number of aromatic nitrogens is 4. The van der Waals surface area contributed by atoms with Gasteiger partial charge in [-0.05, 0) is 47.6 Å². The lowest BCUT2D eigenvalue weighted by atomic mass is 10.2. The summed E-state index contributed by atoms with van der Waals surface area (Å²) in [6, 6.07) is 3.53. The minimum Gasteiger partial charge on any atom is -0.406 e. The van der Waals surface area contributed by atoms with Gasteiger partial charge in [-0.3, -0.25) is 9.05 Å². The highest BCUT2D eigenvalue weighted by molar-refractivity contribution is 8.55. The maximum absolute atomic E-state index is 12.4. The molecule has 14 heteroatoms. The van der Waals surface area contributed by atoms with Crippen LogP contribution >= 0.6 is 24.9 Å². The highest BCUT2D eigenvalue weighted by atomic mass is 32.7. The summed E-state index contributed by atoms with van der Waals surface area (Å²) in [4.78, 5) is 17.5. The molecule has 2 aromatic heterocycles. The van der Waals surface area contributed by atoms with Gasteiger partial charge < -0.3 is 13.6 Å². The van der Waals surface area contributed by atoms with Crippen LogP contribution in [0.25, 0.3) is 0 Å². The first kappa shape index (κ1) is 35.1. The Labute approximate surface area is 236 Å². The van der Waals surface area contributed by atoms with Crippen molar-refractivity contribution in [2.45, 2.75) is 86.1 Å². The molecule has 0 unspecified atom stereocenters. The van der Waals surface area contributed by atoms with E-state index in [0.29, 0.717) is 37.3 Å². The van der Waals surface area contributed by atoms with Gasteiger partial charge in [-0.25, -0.2) is 19.5 Å². The predicted octanol–water partition coefficient (Wildman–Crippen LogP) is 7.77. The molecule has 2 rings (SSSR count). The van der Waals surface area contributed by atoms with Crippen molar-refractivity contribution in [3.63, 3.8) is 0 Å². The first-order chi connectivity index (χ1) is 17.8. The number of hydrogen-bond acceptors (Lipinski definition) is 12. The van der Waals surface area contributed by atoms with E-state index in [2.05, 4.69) is 19.9 Å². The van der Waals surface area contributed by atoms with Gasteiger partial charge in [-0.2, -0.15) is 4.98 Å². The molecule has 38 heavy (non-hydrogen) atoms. The Morgan fingerprint density at radius 1 is 0.763 bits per heavy atom. The van der Waals surface area contributed by atoms with Crippen LogP contribution in [0.4, 0.5) is 0 Å². The SMILES string of the molecule is CCOP(=O)(OCC)Sc1cc(C)nc(C(C)C)n1.CCOP(=S)(OCC)Oc1cc(C)nc(C(C)C)n1. The molecule has 0 saturated heterocycles. The van der Waals surface area contributed by atoms with Crippen molar-refractivity contribution in [3.8, 4) is 5.88 Å². The molecule has 0 N–H and O–H groups in total. The molecule has 0 saturated carbocycles. The van der Waals surface area contributed by atoms with Gasteiger partial charge in [0.2, 0.25) is 5.88 Å². The standard InChI is InChI=1S/2C12H21N2O3PS/c1-6-16-18(15,17-7-2)19-11-8-10(5)13-12(14-11)9(3)4;1-6-15-18(19,16-7-2)17-11-8-10(5)13-12(14-11)9(3)4/h2*8-9H,6-7H2,1-5H3. The van der Waals surface area contributed by atoms with Crippen molar-refractivity contribution in [3.05, 3.63) is 35.2 Å². The minimum absolute atomic E-state index is 0.220. The Kier molecular flexibility index (Phi) is 15.7. The van der Waals surface area contributed by atoms with Crippen LogP contribution in [0, 0.1) is 13.8 Å². The fourth-order valence-electron chi connectivity index (χ4n) is 2.78. The van der Waals surface area contributed by atoms with Gasteiger partial charge in [0.1, 0.15) is 16.7 Å². The van der Waals surface area contributed by atoms with E-state index in [4.69, 9.17) is 34.4 Å². The lowest BCUT2D eigenvalue weighted by molar-refractivity contribution is 0.215. The first-order valence-electron chi connectivity index (χ1n) is 12.7. The van der Waals surface area contributed by atoms with Crippen LogP contribution < -0.4 is 4.52 Å². The third-order valence-corrected chi connectivity index (χ3v) is 10.3. The maximum atomic E-state index is 12.4. The smallest absolute Gasteiger partial charge is 0.395 e. The molecule has 0 radical (unpaired) electrons. The number of hydrogen-bond donors (Lipinski definition) is 0. The molecule has 0 aliphatic rings. The van der Waals surface area contributed by atoms with Crippen molar-refractivity contribution in [1.29, 1.82) is 0 Å². The molecule has 10 nitrogen and oxygen atoms in total. The third kappa shape index (κ3) is 12.5. The van der Waals surface area contributed by atoms with Gasteiger partial charge >= 0.3 is 13.5 Å². The monoisotopic (exact) mass is 608 g/mol. The van der Waals surface area contributed by atoms with Gasteiger partial charge in [0.25, 0.3) is 0 Å². The Morgan fingerprint density at radius 2 is 1.21 bits per heavy atom. The number of nitrogens with zero attached hydrogens (tertiary/aromatic N) is 4. The van der Waals surface area contributed by atoms with Crippen LogP contribution in [0.15, 0.2) is 17.2 Å². The second-order valence-electron chi connectivity index (χ2n) is 8.47. The number of aryl methyl sites for hydroxylation is 2. The normalized spacial score (nSPS) is 12.0. The molecule has 0 aliphatic carbocycles. The molecule has 0 spiro atoms. The summed E-state index contributed by atoms with van der Waals surface area (Å²) < 4.78 is 39.5. The van der Waals surface area contributed by atoms with Gasteiger partial charge in [0.15, 0.2) is 0 Å². The van der Waals surface area contributed by atoms with Crippen LogP contribution in [0.1, 0.15) is 90.3 Å². The Hall–Kier alpha value is -0.970. The molecule has 2 heterocycles. The van der Waals surface area contributed by atoms with Crippen LogP contribution in [0.3, 0.4) is 0 Å². The lowest BCUT2D eigenvalue weighted by Gasteiger charge is -2.20. The maximum Gasteiger partial charge on any atom is 0.395 e. The highest BCUT2D eigenvalue weighted by Crippen LogP contribution is 2.63. The molecule has 0 fully saturated rings. The topological polar surface area (TPSA) is 115 Å². The van der Waals surface area contributed by atoms with E-state index >= 15 is 0 Å². The molecule has 216 valence electrons. The van der Waals surface area contributed by atoms with E-state index < -0.39 is 13.5 Å². The van der Waals surface area contributed by atoms with Crippen molar-refractivity contribution in [2.75, 3.05) is 26.4 Å². The molecule has 0 aromatic carbocycles. The average Bonchev–Trinajstić information content (AvgIpc) is 2.79. The molecule has 0 amide bonds. The van der Waals surface area contributed by atoms with E-state index in [-0.39, 0.29) is 11.8 Å². The molecule has 0 bridgehead atoms. The highest BCUT2D eigenvalue weighted by Gasteiger charge is 2.27. The quantitative estimate of drug-likeness (QED) is 0.154. The fraction of sp³-hybridized carbons (Fsp3) is 0.667. The van der Waals surface area contributed by atoms with Crippen molar-refractivity contribution in [1.82, 2.24) is 19.9 Å². The van der Waals surface area contributed by atoms with Crippen molar-refractivity contribution < 1.29 is 27.2 Å². The van der Waals surface area contributed by atoms with Crippen LogP contribution in [-0.2, 0) is 34.5 Å². The van der Waals surface area contributed by atoms with Gasteiger partial charge in [0.05, 0.1) is 26.4 Å². The van der Waals surface area contributed by atoms with Crippen LogP contribution in [0.2, 0.25) is 0 Å². The van der Waals surface area contributed by atoms with Crippen LogP contribution in [-0.4, -0.2) is 46.4 Å². The lowest BCUT2D eigenvalue weighted by Crippen LogP contribution is -2.06. The Morgan fingerprint density at radius 3 is 1.66 bits per heavy atom. The zero-order valence-electron chi connectivity index (χ0n) is 24.1. The largest absolute Gasteiger partial charge is 0.406 e. The summed E-state index contributed by atoms with van der Waals surface area (Å²) in [5.41, 5.74) is 1.68. The molecule has 0 aliphatic heterocycles. The van der Waals surface area contributed by atoms with Gasteiger partial charge in [0, 0.05) is 52.5 Å². The Bertz CT molecular complexity index is 1000. The zero-order chi connectivity index (χ0) is 28.9. The van der Waals surface area contributed by atoms with Crippen molar-refractivity contribution >= 4 is 36.7 Å². The molecular formula is C24H42N4O6P2S2. The summed E-state index contributed by atoms with van der Waals surface area (Å²) in [5, 5.41) is 0.626. The molecule has 0 atom stereocenters. The summed E-state index contributed by atoms with van der Waals surface area (Å²) in [5.74, 6) is 2.32. The van der Waals surface area contributed by atoms with E-state index in [1.807, 2.05) is 55.4 Å². The third-order valence-electron chi connectivity index (χ3n) is 4.29. The second-order valence-corrected chi connectivity index (χ2v) is 15.3.